The molecule has 3 rings (SSSR count). The molecular weight excluding hydrogens is 312 g/mol. The Bertz CT molecular complexity index is 958. The second-order valence-electron chi connectivity index (χ2n) is 5.42. The average Bonchev–Trinajstić information content (AvgIpc) is 2.55. The molecule has 0 fully saturated rings. The predicted octanol–water partition coefficient (Wildman–Crippen LogP) is 2.70. The van der Waals surface area contributed by atoms with Gasteiger partial charge in [-0.15, -0.1) is 0 Å². The summed E-state index contributed by atoms with van der Waals surface area (Å²) in [5.74, 6) is 0.371. The molecule has 0 atom stereocenters. The molecule has 6 heteroatoms. The molecule has 0 bridgehead atoms. The molecule has 6 nitrogen and oxygen atoms in total. The van der Waals surface area contributed by atoms with E-state index in [9.17, 15) is 20.1 Å². The number of hydrogen-bond acceptors (Lipinski definition) is 6. The third-order valence-electron chi connectivity index (χ3n) is 3.75. The Morgan fingerprint density at radius 2 is 1.79 bits per heavy atom. The monoisotopic (exact) mass is 328 g/mol. The zero-order valence-corrected chi connectivity index (χ0v) is 12.9. The van der Waals surface area contributed by atoms with Crippen LogP contribution in [-0.4, -0.2) is 22.4 Å². The van der Waals surface area contributed by atoms with Crippen LogP contribution in [0.4, 0.5) is 0 Å². The van der Waals surface area contributed by atoms with E-state index in [1.165, 1.54) is 19.2 Å². The molecule has 0 spiro atoms. The van der Waals surface area contributed by atoms with Crippen LogP contribution in [0.5, 0.6) is 23.0 Å². The van der Waals surface area contributed by atoms with E-state index in [0.717, 1.165) is 11.6 Å². The molecule has 124 valence electrons. The molecule has 0 unspecified atom stereocenters. The summed E-state index contributed by atoms with van der Waals surface area (Å²) in [6, 6.07) is 8.74. The Balaban J connectivity index is 1.90. The molecule has 3 aromatic rings. The van der Waals surface area contributed by atoms with Crippen molar-refractivity contribution in [3.63, 3.8) is 0 Å². The second-order valence-corrected chi connectivity index (χ2v) is 5.42. The van der Waals surface area contributed by atoms with E-state index in [0.29, 0.717) is 24.4 Å². The standard InChI is InChI=1S/C18H16O6/c1-23-17-6-10(3-5-14(17)20)2-4-12-9-15(21)13-7-11(19)8-16(22)18(13)24-12/h3,5-9,19-20,22H,2,4H2,1H3. The van der Waals surface area contributed by atoms with Gasteiger partial charge in [-0.3, -0.25) is 4.79 Å². The quantitative estimate of drug-likeness (QED) is 0.681. The lowest BCUT2D eigenvalue weighted by molar-refractivity contribution is 0.373. The van der Waals surface area contributed by atoms with Crippen LogP contribution in [0, 0.1) is 0 Å². The first kappa shape index (κ1) is 15.7. The average molecular weight is 328 g/mol. The number of phenolic OH excluding ortho intramolecular Hbond substituents is 3. The molecule has 0 saturated carbocycles. The fourth-order valence-corrected chi connectivity index (χ4v) is 2.54. The van der Waals surface area contributed by atoms with Gasteiger partial charge >= 0.3 is 0 Å². The number of fused-ring (bicyclic) bond motifs is 1. The second kappa shape index (κ2) is 6.16. The lowest BCUT2D eigenvalue weighted by atomic mass is 10.1. The van der Waals surface area contributed by atoms with Crippen molar-refractivity contribution in [3.05, 3.63) is 57.9 Å². The van der Waals surface area contributed by atoms with E-state index < -0.39 is 0 Å². The number of phenols is 3. The van der Waals surface area contributed by atoms with Gasteiger partial charge in [0.2, 0.25) is 0 Å². The van der Waals surface area contributed by atoms with Crippen molar-refractivity contribution in [2.75, 3.05) is 7.11 Å². The van der Waals surface area contributed by atoms with Gasteiger partial charge in [0.05, 0.1) is 12.5 Å². The lowest BCUT2D eigenvalue weighted by Gasteiger charge is -2.07. The van der Waals surface area contributed by atoms with Crippen LogP contribution >= 0.6 is 0 Å². The van der Waals surface area contributed by atoms with Crippen LogP contribution in [0.1, 0.15) is 11.3 Å². The van der Waals surface area contributed by atoms with E-state index in [1.54, 1.807) is 18.2 Å². The van der Waals surface area contributed by atoms with Gasteiger partial charge in [-0.1, -0.05) is 6.07 Å². The first-order valence-corrected chi connectivity index (χ1v) is 7.32. The highest BCUT2D eigenvalue weighted by Gasteiger charge is 2.11. The van der Waals surface area contributed by atoms with Gasteiger partial charge in [0.15, 0.2) is 28.3 Å². The lowest BCUT2D eigenvalue weighted by Crippen LogP contribution is -2.03. The molecule has 1 heterocycles. The molecule has 0 radical (unpaired) electrons. The minimum absolute atomic E-state index is 0.0542. The van der Waals surface area contributed by atoms with Crippen molar-refractivity contribution < 1.29 is 24.5 Å². The molecule has 0 aliphatic carbocycles. The van der Waals surface area contributed by atoms with E-state index in [1.807, 2.05) is 0 Å². The highest BCUT2D eigenvalue weighted by Crippen LogP contribution is 2.29. The number of hydrogen-bond donors (Lipinski definition) is 3. The Labute approximate surface area is 137 Å². The zero-order valence-electron chi connectivity index (χ0n) is 12.9. The van der Waals surface area contributed by atoms with Crippen molar-refractivity contribution in [2.45, 2.75) is 12.8 Å². The summed E-state index contributed by atoms with van der Waals surface area (Å²) in [7, 11) is 1.47. The van der Waals surface area contributed by atoms with E-state index >= 15 is 0 Å². The van der Waals surface area contributed by atoms with E-state index in [-0.39, 0.29) is 33.6 Å². The van der Waals surface area contributed by atoms with E-state index in [4.69, 9.17) is 9.15 Å². The number of rotatable bonds is 4. The molecule has 0 amide bonds. The summed E-state index contributed by atoms with van der Waals surface area (Å²) >= 11 is 0. The maximum absolute atomic E-state index is 12.1. The fourth-order valence-electron chi connectivity index (χ4n) is 2.54. The van der Waals surface area contributed by atoms with Gasteiger partial charge in [0, 0.05) is 18.6 Å². The molecule has 0 aliphatic rings. The summed E-state index contributed by atoms with van der Waals surface area (Å²) < 4.78 is 10.6. The smallest absolute Gasteiger partial charge is 0.193 e. The summed E-state index contributed by atoms with van der Waals surface area (Å²) in [5.41, 5.74) is 0.627. The topological polar surface area (TPSA) is 100 Å². The number of methoxy groups -OCH3 is 1. The SMILES string of the molecule is COc1cc(CCc2cc(=O)c3cc(O)cc(O)c3o2)ccc1O. The van der Waals surface area contributed by atoms with Gasteiger partial charge in [-0.05, 0) is 30.2 Å². The van der Waals surface area contributed by atoms with Crippen molar-refractivity contribution in [2.24, 2.45) is 0 Å². The van der Waals surface area contributed by atoms with Crippen LogP contribution in [0.3, 0.4) is 0 Å². The minimum Gasteiger partial charge on any atom is -0.508 e. The Kier molecular flexibility index (Phi) is 4.04. The number of aryl methyl sites for hydroxylation is 2. The van der Waals surface area contributed by atoms with Gasteiger partial charge < -0.3 is 24.5 Å². The minimum atomic E-state index is -0.333. The van der Waals surface area contributed by atoms with Gasteiger partial charge in [0.25, 0.3) is 0 Å². The molecule has 0 aliphatic heterocycles. The highest BCUT2D eigenvalue weighted by molar-refractivity contribution is 5.83. The third-order valence-corrected chi connectivity index (χ3v) is 3.75. The van der Waals surface area contributed by atoms with Crippen LogP contribution < -0.4 is 10.2 Å². The largest absolute Gasteiger partial charge is 0.508 e. The Morgan fingerprint density at radius 3 is 2.54 bits per heavy atom. The molecule has 2 aromatic carbocycles. The first-order valence-electron chi connectivity index (χ1n) is 7.32. The molecule has 1 aromatic heterocycles. The van der Waals surface area contributed by atoms with Crippen LogP contribution in [0.15, 0.2) is 45.6 Å². The highest BCUT2D eigenvalue weighted by atomic mass is 16.5. The third kappa shape index (κ3) is 2.99. The molecule has 0 saturated heterocycles. The van der Waals surface area contributed by atoms with Crippen molar-refractivity contribution in [1.29, 1.82) is 0 Å². The van der Waals surface area contributed by atoms with Crippen LogP contribution in [-0.2, 0) is 12.8 Å². The Hall–Kier alpha value is -3.15. The number of benzene rings is 2. The van der Waals surface area contributed by atoms with Crippen molar-refractivity contribution in [1.82, 2.24) is 0 Å². The van der Waals surface area contributed by atoms with Gasteiger partial charge in [-0.25, -0.2) is 0 Å². The maximum Gasteiger partial charge on any atom is 0.193 e. The molecule has 3 N–H and O–H groups in total. The van der Waals surface area contributed by atoms with E-state index in [2.05, 4.69) is 0 Å². The van der Waals surface area contributed by atoms with Crippen LogP contribution in [0.25, 0.3) is 11.0 Å². The number of ether oxygens (including phenoxy) is 1. The summed E-state index contributed by atoms with van der Waals surface area (Å²) in [5, 5.41) is 29.0. The summed E-state index contributed by atoms with van der Waals surface area (Å²) in [4.78, 5) is 12.1. The summed E-state index contributed by atoms with van der Waals surface area (Å²) in [6.07, 6.45) is 0.989. The van der Waals surface area contributed by atoms with Crippen LogP contribution in [0.2, 0.25) is 0 Å². The predicted molar refractivity (Wildman–Crippen MR) is 87.9 cm³/mol. The Morgan fingerprint density at radius 1 is 1.00 bits per heavy atom. The maximum atomic E-state index is 12.1. The first-order chi connectivity index (χ1) is 11.5. The van der Waals surface area contributed by atoms with Gasteiger partial charge in [-0.2, -0.15) is 0 Å². The normalized spacial score (nSPS) is 10.9. The fraction of sp³-hybridized carbons (Fsp3) is 0.167. The number of aromatic hydroxyl groups is 3. The molecular formula is C18H16O6. The van der Waals surface area contributed by atoms with Gasteiger partial charge in [0.1, 0.15) is 11.5 Å². The van der Waals surface area contributed by atoms with Crippen molar-refractivity contribution >= 4 is 11.0 Å². The zero-order chi connectivity index (χ0) is 17.3. The van der Waals surface area contributed by atoms with Crippen molar-refractivity contribution in [3.8, 4) is 23.0 Å². The summed E-state index contributed by atoms with van der Waals surface area (Å²) in [6.45, 7) is 0. The molecule has 24 heavy (non-hydrogen) atoms.